The molecule has 2 amide bonds. The Morgan fingerprint density at radius 2 is 2.00 bits per heavy atom. The van der Waals surface area contributed by atoms with E-state index in [1.165, 1.54) is 7.05 Å². The topological polar surface area (TPSA) is 78.5 Å². The van der Waals surface area contributed by atoms with Gasteiger partial charge in [-0.25, -0.2) is 17.6 Å². The summed E-state index contributed by atoms with van der Waals surface area (Å²) >= 11 is 0. The van der Waals surface area contributed by atoms with Gasteiger partial charge in [-0.1, -0.05) is 6.07 Å². The first-order valence-corrected chi connectivity index (χ1v) is 8.35. The quantitative estimate of drug-likeness (QED) is 0.794. The molecule has 2 rings (SSSR count). The Hall–Kier alpha value is -1.88. The van der Waals surface area contributed by atoms with Crippen molar-refractivity contribution in [2.45, 2.75) is 23.5 Å². The molecule has 2 N–H and O–H groups in total. The Morgan fingerprint density at radius 3 is 2.58 bits per heavy atom. The van der Waals surface area contributed by atoms with Gasteiger partial charge < -0.3 is 10.6 Å². The second kappa shape index (κ2) is 6.55. The lowest BCUT2D eigenvalue weighted by atomic mass is 10.2. The highest BCUT2D eigenvalue weighted by Gasteiger charge is 2.43. The van der Waals surface area contributed by atoms with Crippen LogP contribution in [-0.4, -0.2) is 44.9 Å². The molecule has 24 heavy (non-hydrogen) atoms. The van der Waals surface area contributed by atoms with Crippen molar-refractivity contribution in [3.05, 3.63) is 29.6 Å². The van der Waals surface area contributed by atoms with Crippen LogP contribution in [0.15, 0.2) is 23.1 Å². The summed E-state index contributed by atoms with van der Waals surface area (Å²) < 4.78 is 78.5. The number of alkyl halides is 3. The molecule has 0 radical (unpaired) electrons. The number of urea groups is 1. The monoisotopic (exact) mass is 369 g/mol. The van der Waals surface area contributed by atoms with E-state index in [1.54, 1.807) is 0 Å². The summed E-state index contributed by atoms with van der Waals surface area (Å²) in [6.07, 6.45) is -4.91. The van der Waals surface area contributed by atoms with Gasteiger partial charge in [-0.3, -0.25) is 0 Å². The molecule has 1 aliphatic heterocycles. The number of nitrogens with zero attached hydrogens (tertiary/aromatic N) is 1. The van der Waals surface area contributed by atoms with E-state index in [1.807, 2.05) is 0 Å². The Labute approximate surface area is 135 Å². The van der Waals surface area contributed by atoms with E-state index in [4.69, 9.17) is 0 Å². The minimum Gasteiger partial charge on any atom is -0.341 e. The summed E-state index contributed by atoms with van der Waals surface area (Å²) in [4.78, 5) is 10.1. The number of hydrogen-bond donors (Lipinski definition) is 2. The number of benzene rings is 1. The third kappa shape index (κ3) is 3.61. The summed E-state index contributed by atoms with van der Waals surface area (Å²) in [6, 6.07) is 1.12. The van der Waals surface area contributed by atoms with Gasteiger partial charge in [-0.15, -0.1) is 0 Å². The zero-order valence-corrected chi connectivity index (χ0v) is 13.3. The fourth-order valence-corrected chi connectivity index (χ4v) is 4.18. The number of halogens is 4. The summed E-state index contributed by atoms with van der Waals surface area (Å²) in [7, 11) is -3.17. The van der Waals surface area contributed by atoms with Crippen molar-refractivity contribution >= 4 is 16.1 Å². The maximum atomic E-state index is 13.6. The number of carbonyl (C=O) groups excluding carboxylic acids is 1. The van der Waals surface area contributed by atoms with Crippen molar-refractivity contribution in [2.24, 2.45) is 0 Å². The minimum absolute atomic E-state index is 0.0786. The van der Waals surface area contributed by atoms with Gasteiger partial charge in [0.05, 0.1) is 4.90 Å². The van der Waals surface area contributed by atoms with Crippen LogP contribution in [-0.2, 0) is 16.2 Å². The van der Waals surface area contributed by atoms with Crippen molar-refractivity contribution in [1.82, 2.24) is 14.9 Å². The van der Waals surface area contributed by atoms with Crippen molar-refractivity contribution in [1.29, 1.82) is 0 Å². The summed E-state index contributed by atoms with van der Waals surface area (Å²) in [6.45, 7) is -0.269. The highest BCUT2D eigenvalue weighted by molar-refractivity contribution is 7.89. The molecule has 1 fully saturated rings. The van der Waals surface area contributed by atoms with E-state index in [9.17, 15) is 30.8 Å². The first kappa shape index (κ1) is 18.5. The number of nitrogens with one attached hydrogen (secondary N) is 2. The van der Waals surface area contributed by atoms with Crippen LogP contribution >= 0.6 is 0 Å². The smallest absolute Gasteiger partial charge is 0.341 e. The van der Waals surface area contributed by atoms with E-state index < -0.39 is 44.5 Å². The Morgan fingerprint density at radius 1 is 1.33 bits per heavy atom. The molecule has 0 saturated carbocycles. The van der Waals surface area contributed by atoms with Gasteiger partial charge in [0, 0.05) is 26.2 Å². The minimum atomic E-state index is -5.15. The van der Waals surface area contributed by atoms with Crippen molar-refractivity contribution in [3.8, 4) is 0 Å². The Bertz CT molecular complexity index is 736. The first-order valence-electron chi connectivity index (χ1n) is 6.91. The van der Waals surface area contributed by atoms with Crippen LogP contribution < -0.4 is 10.6 Å². The molecular formula is C13H15F4N3O3S. The number of hydrogen-bond acceptors (Lipinski definition) is 3. The number of sulfonamides is 1. The molecule has 1 aromatic carbocycles. The maximum absolute atomic E-state index is 13.6. The van der Waals surface area contributed by atoms with Gasteiger partial charge in [-0.2, -0.15) is 17.5 Å². The largest absolute Gasteiger partial charge is 0.420 e. The first-order chi connectivity index (χ1) is 11.1. The molecule has 6 nitrogen and oxygen atoms in total. The second-order valence-electron chi connectivity index (χ2n) is 5.18. The average molecular weight is 369 g/mol. The van der Waals surface area contributed by atoms with E-state index in [0.29, 0.717) is 6.07 Å². The highest BCUT2D eigenvalue weighted by Crippen LogP contribution is 2.37. The van der Waals surface area contributed by atoms with Crippen LogP contribution in [0.2, 0.25) is 0 Å². The molecular weight excluding hydrogens is 354 g/mol. The second-order valence-corrected chi connectivity index (χ2v) is 7.09. The van der Waals surface area contributed by atoms with Crippen LogP contribution in [0.1, 0.15) is 12.0 Å². The molecule has 1 atom stereocenters. The van der Waals surface area contributed by atoms with E-state index in [0.717, 1.165) is 16.4 Å². The molecule has 1 aliphatic rings. The van der Waals surface area contributed by atoms with Gasteiger partial charge in [-0.05, 0) is 18.6 Å². The molecule has 11 heteroatoms. The normalized spacial score (nSPS) is 19.3. The maximum Gasteiger partial charge on any atom is 0.420 e. The third-order valence-electron chi connectivity index (χ3n) is 3.59. The summed E-state index contributed by atoms with van der Waals surface area (Å²) in [5.74, 6) is -1.65. The van der Waals surface area contributed by atoms with Crippen molar-refractivity contribution in [2.75, 3.05) is 20.1 Å². The summed E-state index contributed by atoms with van der Waals surface area (Å²) in [5, 5.41) is 4.78. The standard InChI is InChI=1S/C13H15F4N3O3S/c1-18-12(21)19-8-5-6-20(7-8)24(22,23)10-4-2-3-9(14)11(10)13(15,16)17/h2-4,8H,5-7H2,1H3,(H2,18,19,21). The average Bonchev–Trinajstić information content (AvgIpc) is 2.94. The predicted molar refractivity (Wildman–Crippen MR) is 76.2 cm³/mol. The number of carbonyl (C=O) groups is 1. The van der Waals surface area contributed by atoms with Gasteiger partial charge in [0.1, 0.15) is 11.4 Å². The zero-order valence-electron chi connectivity index (χ0n) is 12.5. The van der Waals surface area contributed by atoms with Crippen molar-refractivity contribution < 1.29 is 30.8 Å². The SMILES string of the molecule is CNC(=O)NC1CCN(S(=O)(=O)c2cccc(F)c2C(F)(F)F)C1. The van der Waals surface area contributed by atoms with Crippen molar-refractivity contribution in [3.63, 3.8) is 0 Å². The summed E-state index contributed by atoms with van der Waals surface area (Å²) in [5.41, 5.74) is -1.81. The van der Waals surface area contributed by atoms with Gasteiger partial charge >= 0.3 is 12.2 Å². The van der Waals surface area contributed by atoms with Gasteiger partial charge in [0.2, 0.25) is 10.0 Å². The van der Waals surface area contributed by atoms with Crippen LogP contribution in [0.4, 0.5) is 22.4 Å². The Balaban J connectivity index is 2.33. The van der Waals surface area contributed by atoms with Crippen LogP contribution in [0, 0.1) is 5.82 Å². The van der Waals surface area contributed by atoms with Gasteiger partial charge in [0.25, 0.3) is 0 Å². The molecule has 0 aliphatic carbocycles. The fraction of sp³-hybridized carbons (Fsp3) is 0.462. The van der Waals surface area contributed by atoms with Crippen LogP contribution in [0.3, 0.4) is 0 Å². The lowest BCUT2D eigenvalue weighted by Gasteiger charge is -2.20. The molecule has 0 aromatic heterocycles. The fourth-order valence-electron chi connectivity index (χ4n) is 2.46. The molecule has 1 unspecified atom stereocenters. The van der Waals surface area contributed by atoms with E-state index >= 15 is 0 Å². The zero-order chi connectivity index (χ0) is 18.1. The molecule has 1 saturated heterocycles. The van der Waals surface area contributed by atoms with Gasteiger partial charge in [0.15, 0.2) is 0 Å². The molecule has 1 aromatic rings. The lowest BCUT2D eigenvalue weighted by Crippen LogP contribution is -2.42. The highest BCUT2D eigenvalue weighted by atomic mass is 32.2. The van der Waals surface area contributed by atoms with E-state index in [-0.39, 0.29) is 19.5 Å². The molecule has 0 spiro atoms. The van der Waals surface area contributed by atoms with E-state index in [2.05, 4.69) is 10.6 Å². The molecule has 1 heterocycles. The molecule has 134 valence electrons. The molecule has 0 bridgehead atoms. The van der Waals surface area contributed by atoms with Crippen LogP contribution in [0.5, 0.6) is 0 Å². The predicted octanol–water partition coefficient (Wildman–Crippen LogP) is 1.54. The lowest BCUT2D eigenvalue weighted by molar-refractivity contribution is -0.142. The Kier molecular flexibility index (Phi) is 5.04. The van der Waals surface area contributed by atoms with Crippen LogP contribution in [0.25, 0.3) is 0 Å². The third-order valence-corrected chi connectivity index (χ3v) is 5.50. The number of amides is 2. The number of rotatable bonds is 3.